The van der Waals surface area contributed by atoms with Crippen LogP contribution < -0.4 is 5.32 Å². The topological polar surface area (TPSA) is 59.8 Å². The van der Waals surface area contributed by atoms with Gasteiger partial charge in [-0.15, -0.1) is 0 Å². The zero-order chi connectivity index (χ0) is 14.7. The molecule has 0 saturated carbocycles. The Morgan fingerprint density at radius 3 is 2.76 bits per heavy atom. The van der Waals surface area contributed by atoms with E-state index in [4.69, 9.17) is 0 Å². The molecule has 3 rings (SSSR count). The molecule has 1 N–H and O–H groups in total. The maximum absolute atomic E-state index is 13.1. The number of anilines is 1. The Bertz CT molecular complexity index is 771. The Balaban J connectivity index is 1.90. The van der Waals surface area contributed by atoms with Crippen LogP contribution in [0, 0.1) is 5.95 Å². The van der Waals surface area contributed by atoms with Gasteiger partial charge < -0.3 is 5.32 Å². The second-order valence-corrected chi connectivity index (χ2v) is 4.29. The van der Waals surface area contributed by atoms with Crippen LogP contribution in [-0.4, -0.2) is 20.7 Å². The monoisotopic (exact) mass is 282 g/mol. The van der Waals surface area contributed by atoms with Gasteiger partial charge in [-0.2, -0.15) is 9.49 Å². The van der Waals surface area contributed by atoms with Crippen molar-refractivity contribution >= 4 is 11.6 Å². The highest BCUT2D eigenvalue weighted by Crippen LogP contribution is 2.19. The first kappa shape index (κ1) is 13.0. The second-order valence-electron chi connectivity index (χ2n) is 4.29. The third-order valence-corrected chi connectivity index (χ3v) is 2.89. The SMILES string of the molecule is O=C(Nc1ccccc1-n1cccn1)c1ccnc(F)c1. The molecule has 0 aliphatic heterocycles. The van der Waals surface area contributed by atoms with E-state index in [9.17, 15) is 9.18 Å². The van der Waals surface area contributed by atoms with E-state index < -0.39 is 11.9 Å². The lowest BCUT2D eigenvalue weighted by Crippen LogP contribution is -2.14. The highest BCUT2D eigenvalue weighted by molar-refractivity contribution is 6.05. The number of carbonyl (C=O) groups is 1. The van der Waals surface area contributed by atoms with E-state index in [0.717, 1.165) is 11.8 Å². The van der Waals surface area contributed by atoms with Gasteiger partial charge in [-0.05, 0) is 24.3 Å². The van der Waals surface area contributed by atoms with Crippen LogP contribution in [0.1, 0.15) is 10.4 Å². The van der Waals surface area contributed by atoms with Gasteiger partial charge >= 0.3 is 0 Å². The number of nitrogens with zero attached hydrogens (tertiary/aromatic N) is 3. The first-order chi connectivity index (χ1) is 10.2. The average Bonchev–Trinajstić information content (AvgIpc) is 3.02. The summed E-state index contributed by atoms with van der Waals surface area (Å²) in [6, 6.07) is 11.6. The lowest BCUT2D eigenvalue weighted by Gasteiger charge is -2.11. The van der Waals surface area contributed by atoms with E-state index >= 15 is 0 Å². The number of amides is 1. The van der Waals surface area contributed by atoms with Crippen LogP contribution >= 0.6 is 0 Å². The number of rotatable bonds is 3. The van der Waals surface area contributed by atoms with Crippen LogP contribution in [0.2, 0.25) is 0 Å². The third-order valence-electron chi connectivity index (χ3n) is 2.89. The molecule has 1 amide bonds. The van der Waals surface area contributed by atoms with Crippen molar-refractivity contribution in [1.82, 2.24) is 14.8 Å². The van der Waals surface area contributed by atoms with E-state index in [1.807, 2.05) is 12.1 Å². The molecule has 2 heterocycles. The lowest BCUT2D eigenvalue weighted by atomic mass is 10.2. The number of pyridine rings is 1. The van der Waals surface area contributed by atoms with Gasteiger partial charge in [0.2, 0.25) is 5.95 Å². The molecule has 5 nitrogen and oxygen atoms in total. The first-order valence-corrected chi connectivity index (χ1v) is 6.26. The molecule has 21 heavy (non-hydrogen) atoms. The van der Waals surface area contributed by atoms with Crippen molar-refractivity contribution in [2.45, 2.75) is 0 Å². The second kappa shape index (κ2) is 5.54. The van der Waals surface area contributed by atoms with E-state index in [1.165, 1.54) is 12.3 Å². The van der Waals surface area contributed by atoms with Gasteiger partial charge in [0.15, 0.2) is 0 Å². The molecule has 0 atom stereocenters. The molecule has 2 aromatic heterocycles. The summed E-state index contributed by atoms with van der Waals surface area (Å²) >= 11 is 0. The molecule has 3 aromatic rings. The predicted molar refractivity (Wildman–Crippen MR) is 75.7 cm³/mol. The number of hydrogen-bond acceptors (Lipinski definition) is 3. The van der Waals surface area contributed by atoms with Crippen LogP contribution in [-0.2, 0) is 0 Å². The number of aromatic nitrogens is 3. The smallest absolute Gasteiger partial charge is 0.255 e. The number of para-hydroxylation sites is 2. The number of halogens is 1. The maximum atomic E-state index is 13.1. The predicted octanol–water partition coefficient (Wildman–Crippen LogP) is 2.66. The molecule has 0 bridgehead atoms. The Morgan fingerprint density at radius 1 is 1.14 bits per heavy atom. The van der Waals surface area contributed by atoms with Gasteiger partial charge in [-0.3, -0.25) is 4.79 Å². The highest BCUT2D eigenvalue weighted by atomic mass is 19.1. The zero-order valence-corrected chi connectivity index (χ0v) is 10.9. The average molecular weight is 282 g/mol. The highest BCUT2D eigenvalue weighted by Gasteiger charge is 2.11. The van der Waals surface area contributed by atoms with Crippen molar-refractivity contribution in [3.63, 3.8) is 0 Å². The summed E-state index contributed by atoms with van der Waals surface area (Å²) in [5, 5.41) is 6.88. The van der Waals surface area contributed by atoms with Gasteiger partial charge in [-0.25, -0.2) is 9.67 Å². The summed E-state index contributed by atoms with van der Waals surface area (Å²) in [4.78, 5) is 15.6. The van der Waals surface area contributed by atoms with Gasteiger partial charge in [0, 0.05) is 30.2 Å². The fourth-order valence-electron chi connectivity index (χ4n) is 1.93. The molecule has 1 aromatic carbocycles. The molecule has 0 saturated heterocycles. The lowest BCUT2D eigenvalue weighted by molar-refractivity contribution is 0.102. The van der Waals surface area contributed by atoms with Crippen molar-refractivity contribution < 1.29 is 9.18 Å². The molecule has 0 radical (unpaired) electrons. The summed E-state index contributed by atoms with van der Waals surface area (Å²) in [6.07, 6.45) is 4.68. The standard InChI is InChI=1S/C15H11FN4O/c16-14-10-11(6-8-17-14)15(21)19-12-4-1-2-5-13(12)20-9-3-7-18-20/h1-10H,(H,19,21). The van der Waals surface area contributed by atoms with Crippen molar-refractivity contribution in [2.75, 3.05) is 5.32 Å². The number of nitrogens with one attached hydrogen (secondary N) is 1. The van der Waals surface area contributed by atoms with Crippen LogP contribution in [0.3, 0.4) is 0 Å². The fraction of sp³-hybridized carbons (Fsp3) is 0. The van der Waals surface area contributed by atoms with Crippen LogP contribution in [0.5, 0.6) is 0 Å². The van der Waals surface area contributed by atoms with Gasteiger partial charge in [0.1, 0.15) is 0 Å². The molecule has 0 unspecified atom stereocenters. The molecule has 0 fully saturated rings. The Hall–Kier alpha value is -3.02. The maximum Gasteiger partial charge on any atom is 0.255 e. The Morgan fingerprint density at radius 2 is 2.00 bits per heavy atom. The minimum Gasteiger partial charge on any atom is -0.320 e. The van der Waals surface area contributed by atoms with E-state index in [0.29, 0.717) is 5.69 Å². The van der Waals surface area contributed by atoms with Gasteiger partial charge in [0.25, 0.3) is 5.91 Å². The summed E-state index contributed by atoms with van der Waals surface area (Å²) < 4.78 is 14.7. The third kappa shape index (κ3) is 2.79. The quantitative estimate of drug-likeness (QED) is 0.751. The normalized spacial score (nSPS) is 10.3. The molecule has 0 spiro atoms. The minimum atomic E-state index is -0.692. The Kier molecular flexibility index (Phi) is 3.42. The van der Waals surface area contributed by atoms with Crippen molar-refractivity contribution in [3.8, 4) is 5.69 Å². The van der Waals surface area contributed by atoms with E-state index in [-0.39, 0.29) is 5.56 Å². The number of hydrogen-bond donors (Lipinski definition) is 1. The minimum absolute atomic E-state index is 0.206. The summed E-state index contributed by atoms with van der Waals surface area (Å²) in [5.74, 6) is -1.10. The van der Waals surface area contributed by atoms with Crippen molar-refractivity contribution in [1.29, 1.82) is 0 Å². The summed E-state index contributed by atoms with van der Waals surface area (Å²) in [6.45, 7) is 0. The molecule has 6 heteroatoms. The van der Waals surface area contributed by atoms with Crippen molar-refractivity contribution in [3.05, 3.63) is 72.6 Å². The van der Waals surface area contributed by atoms with E-state index in [2.05, 4.69) is 15.4 Å². The summed E-state index contributed by atoms with van der Waals surface area (Å²) in [5.41, 5.74) is 1.52. The van der Waals surface area contributed by atoms with Crippen LogP contribution in [0.15, 0.2) is 61.1 Å². The van der Waals surface area contributed by atoms with Crippen LogP contribution in [0.4, 0.5) is 10.1 Å². The van der Waals surface area contributed by atoms with Crippen LogP contribution in [0.25, 0.3) is 5.69 Å². The molecule has 0 aliphatic carbocycles. The molecule has 104 valence electrons. The van der Waals surface area contributed by atoms with Gasteiger partial charge in [-0.1, -0.05) is 12.1 Å². The number of carbonyl (C=O) groups excluding carboxylic acids is 1. The van der Waals surface area contributed by atoms with Crippen molar-refractivity contribution in [2.24, 2.45) is 0 Å². The molecular formula is C15H11FN4O. The number of benzene rings is 1. The van der Waals surface area contributed by atoms with E-state index in [1.54, 1.807) is 35.3 Å². The fourth-order valence-corrected chi connectivity index (χ4v) is 1.93. The summed E-state index contributed by atoms with van der Waals surface area (Å²) in [7, 11) is 0. The molecular weight excluding hydrogens is 271 g/mol. The molecule has 0 aliphatic rings. The van der Waals surface area contributed by atoms with Gasteiger partial charge in [0.05, 0.1) is 11.4 Å². The Labute approximate surface area is 120 Å². The first-order valence-electron chi connectivity index (χ1n) is 6.26. The zero-order valence-electron chi connectivity index (χ0n) is 10.9. The largest absolute Gasteiger partial charge is 0.320 e.